The van der Waals surface area contributed by atoms with Gasteiger partial charge in [0, 0.05) is 24.8 Å². The normalized spacial score (nSPS) is 10.1. The molecule has 0 saturated heterocycles. The van der Waals surface area contributed by atoms with Crippen LogP contribution in [0.2, 0.25) is 5.02 Å². The van der Waals surface area contributed by atoms with E-state index in [-0.39, 0.29) is 11.4 Å². The van der Waals surface area contributed by atoms with E-state index in [1.807, 2.05) is 6.92 Å². The van der Waals surface area contributed by atoms with E-state index < -0.39 is 11.8 Å². The Morgan fingerprint density at radius 3 is 2.80 bits per heavy atom. The molecule has 1 aromatic rings. The van der Waals surface area contributed by atoms with Crippen molar-refractivity contribution in [1.82, 2.24) is 5.32 Å². The molecule has 0 heterocycles. The molecule has 3 N–H and O–H groups in total. The molecular formula is C13H17ClN2O4. The predicted octanol–water partition coefficient (Wildman–Crippen LogP) is 1.53. The van der Waals surface area contributed by atoms with Gasteiger partial charge >= 0.3 is 11.8 Å². The van der Waals surface area contributed by atoms with Crippen molar-refractivity contribution in [2.24, 2.45) is 0 Å². The number of anilines is 1. The van der Waals surface area contributed by atoms with Gasteiger partial charge in [0.1, 0.15) is 5.75 Å². The molecule has 0 unspecified atom stereocenters. The van der Waals surface area contributed by atoms with Gasteiger partial charge in [-0.05, 0) is 31.5 Å². The first-order valence-corrected chi connectivity index (χ1v) is 6.57. The molecule has 0 aliphatic rings. The number of nitrogens with one attached hydrogen (secondary N) is 2. The lowest BCUT2D eigenvalue weighted by molar-refractivity contribution is -0.136. The highest BCUT2D eigenvalue weighted by atomic mass is 35.5. The molecule has 0 aliphatic heterocycles. The third-order valence-electron chi connectivity index (χ3n) is 2.37. The lowest BCUT2D eigenvalue weighted by Gasteiger charge is -2.08. The van der Waals surface area contributed by atoms with Gasteiger partial charge in [-0.2, -0.15) is 0 Å². The SMILES string of the molecule is CCOCCCNC(=O)C(=O)Nc1cc(Cl)ccc1O. The Bertz CT molecular complexity index is 479. The van der Waals surface area contributed by atoms with Crippen molar-refractivity contribution < 1.29 is 19.4 Å². The van der Waals surface area contributed by atoms with E-state index in [1.54, 1.807) is 0 Å². The lowest BCUT2D eigenvalue weighted by Crippen LogP contribution is -2.36. The molecule has 0 fully saturated rings. The van der Waals surface area contributed by atoms with E-state index in [4.69, 9.17) is 16.3 Å². The summed E-state index contributed by atoms with van der Waals surface area (Å²) >= 11 is 5.74. The van der Waals surface area contributed by atoms with Gasteiger partial charge in [-0.3, -0.25) is 9.59 Å². The minimum atomic E-state index is -0.862. The van der Waals surface area contributed by atoms with Crippen LogP contribution in [0, 0.1) is 0 Å². The van der Waals surface area contributed by atoms with E-state index in [0.717, 1.165) is 0 Å². The summed E-state index contributed by atoms with van der Waals surface area (Å²) in [5.41, 5.74) is 0.0898. The molecule has 6 nitrogen and oxygen atoms in total. The lowest BCUT2D eigenvalue weighted by atomic mass is 10.3. The molecule has 110 valence electrons. The van der Waals surface area contributed by atoms with Gasteiger partial charge in [0.2, 0.25) is 0 Å². The summed E-state index contributed by atoms with van der Waals surface area (Å²) in [5, 5.41) is 14.6. The quantitative estimate of drug-likeness (QED) is 0.422. The third-order valence-corrected chi connectivity index (χ3v) is 2.60. The second-order valence-corrected chi connectivity index (χ2v) is 4.36. The summed E-state index contributed by atoms with van der Waals surface area (Å²) in [6, 6.07) is 4.16. The Morgan fingerprint density at radius 1 is 1.35 bits per heavy atom. The first-order valence-electron chi connectivity index (χ1n) is 6.20. The second kappa shape index (κ2) is 8.39. The van der Waals surface area contributed by atoms with Gasteiger partial charge in [-0.15, -0.1) is 0 Å². The number of benzene rings is 1. The molecule has 0 bridgehead atoms. The second-order valence-electron chi connectivity index (χ2n) is 3.92. The number of rotatable bonds is 6. The number of hydrogen-bond acceptors (Lipinski definition) is 4. The minimum absolute atomic E-state index is 0.0898. The molecule has 1 rings (SSSR count). The smallest absolute Gasteiger partial charge is 0.313 e. The number of ether oxygens (including phenoxy) is 1. The topological polar surface area (TPSA) is 87.7 Å². The molecule has 0 spiro atoms. The van der Waals surface area contributed by atoms with Gasteiger partial charge in [0.05, 0.1) is 5.69 Å². The first kappa shape index (κ1) is 16.3. The number of phenols is 1. The summed E-state index contributed by atoms with van der Waals surface area (Å²) in [5.74, 6) is -1.80. The van der Waals surface area contributed by atoms with Gasteiger partial charge in [0.25, 0.3) is 0 Å². The van der Waals surface area contributed by atoms with Gasteiger partial charge in [-0.25, -0.2) is 0 Å². The van der Waals surface area contributed by atoms with Crippen LogP contribution in [0.4, 0.5) is 5.69 Å². The van der Waals surface area contributed by atoms with E-state index >= 15 is 0 Å². The van der Waals surface area contributed by atoms with Crippen molar-refractivity contribution in [2.75, 3.05) is 25.1 Å². The summed E-state index contributed by atoms with van der Waals surface area (Å²) < 4.78 is 5.10. The average molecular weight is 301 g/mol. The van der Waals surface area contributed by atoms with Crippen LogP contribution >= 0.6 is 11.6 Å². The van der Waals surface area contributed by atoms with E-state index in [0.29, 0.717) is 31.2 Å². The Balaban J connectivity index is 2.41. The zero-order valence-corrected chi connectivity index (χ0v) is 11.9. The molecule has 7 heteroatoms. The maximum absolute atomic E-state index is 11.6. The molecule has 2 amide bonds. The molecule has 0 saturated carbocycles. The molecular weight excluding hydrogens is 284 g/mol. The molecule has 1 aromatic carbocycles. The molecule has 0 aromatic heterocycles. The van der Waals surface area contributed by atoms with E-state index in [2.05, 4.69) is 10.6 Å². The van der Waals surface area contributed by atoms with E-state index in [1.165, 1.54) is 18.2 Å². The molecule has 20 heavy (non-hydrogen) atoms. The van der Waals surface area contributed by atoms with Crippen molar-refractivity contribution >= 4 is 29.1 Å². The highest BCUT2D eigenvalue weighted by Crippen LogP contribution is 2.26. The number of carbonyl (C=O) groups is 2. The van der Waals surface area contributed by atoms with Gasteiger partial charge in [0.15, 0.2) is 0 Å². The standard InChI is InChI=1S/C13H17ClN2O4/c1-2-20-7-3-6-15-12(18)13(19)16-10-8-9(14)4-5-11(10)17/h4-5,8,17H,2-3,6-7H2,1H3,(H,15,18)(H,16,19). The van der Waals surface area contributed by atoms with Crippen LogP contribution in [0.5, 0.6) is 5.75 Å². The fourth-order valence-electron chi connectivity index (χ4n) is 1.39. The minimum Gasteiger partial charge on any atom is -0.506 e. The highest BCUT2D eigenvalue weighted by molar-refractivity contribution is 6.40. The number of phenolic OH excluding ortho intramolecular Hbond substituents is 1. The Kier molecular flexibility index (Phi) is 6.83. The fraction of sp³-hybridized carbons (Fsp3) is 0.385. The summed E-state index contributed by atoms with van der Waals surface area (Å²) in [6.45, 7) is 3.35. The molecule has 0 aliphatic carbocycles. The Morgan fingerprint density at radius 2 is 2.10 bits per heavy atom. The zero-order chi connectivity index (χ0) is 15.0. The van der Waals surface area contributed by atoms with E-state index in [9.17, 15) is 14.7 Å². The summed E-state index contributed by atoms with van der Waals surface area (Å²) in [4.78, 5) is 23.1. The Labute approximate surface area is 122 Å². The number of halogens is 1. The zero-order valence-electron chi connectivity index (χ0n) is 11.1. The summed E-state index contributed by atoms with van der Waals surface area (Å²) in [7, 11) is 0. The van der Waals surface area contributed by atoms with Crippen LogP contribution in [0.1, 0.15) is 13.3 Å². The maximum atomic E-state index is 11.6. The van der Waals surface area contributed by atoms with Crippen molar-refractivity contribution in [1.29, 1.82) is 0 Å². The van der Waals surface area contributed by atoms with Crippen LogP contribution < -0.4 is 10.6 Å². The molecule has 0 atom stereocenters. The number of hydrogen-bond donors (Lipinski definition) is 3. The van der Waals surface area contributed by atoms with Crippen LogP contribution in [0.25, 0.3) is 0 Å². The van der Waals surface area contributed by atoms with Crippen molar-refractivity contribution in [3.63, 3.8) is 0 Å². The number of aromatic hydroxyl groups is 1. The third kappa shape index (κ3) is 5.46. The van der Waals surface area contributed by atoms with Crippen LogP contribution in [-0.2, 0) is 14.3 Å². The highest BCUT2D eigenvalue weighted by Gasteiger charge is 2.14. The Hall–Kier alpha value is -1.79. The van der Waals surface area contributed by atoms with Gasteiger partial charge < -0.3 is 20.5 Å². The monoisotopic (exact) mass is 300 g/mol. The predicted molar refractivity (Wildman–Crippen MR) is 75.9 cm³/mol. The average Bonchev–Trinajstić information content (AvgIpc) is 2.42. The van der Waals surface area contributed by atoms with Crippen LogP contribution in [0.3, 0.4) is 0 Å². The van der Waals surface area contributed by atoms with Gasteiger partial charge in [-0.1, -0.05) is 11.6 Å². The van der Waals surface area contributed by atoms with Crippen molar-refractivity contribution in [3.05, 3.63) is 23.2 Å². The number of amides is 2. The first-order chi connectivity index (χ1) is 9.54. The van der Waals surface area contributed by atoms with Crippen molar-refractivity contribution in [3.8, 4) is 5.75 Å². The maximum Gasteiger partial charge on any atom is 0.313 e. The molecule has 0 radical (unpaired) electrons. The fourth-order valence-corrected chi connectivity index (χ4v) is 1.56. The van der Waals surface area contributed by atoms with Crippen LogP contribution in [0.15, 0.2) is 18.2 Å². The van der Waals surface area contributed by atoms with Crippen LogP contribution in [-0.4, -0.2) is 36.7 Å². The van der Waals surface area contributed by atoms with Crippen molar-refractivity contribution in [2.45, 2.75) is 13.3 Å². The summed E-state index contributed by atoms with van der Waals surface area (Å²) in [6.07, 6.45) is 0.620. The largest absolute Gasteiger partial charge is 0.506 e. The number of carbonyl (C=O) groups excluding carboxylic acids is 2.